The molecule has 0 N–H and O–H groups in total. The molecule has 3 aromatic rings. The van der Waals surface area contributed by atoms with Crippen molar-refractivity contribution >= 4 is 5.91 Å². The van der Waals surface area contributed by atoms with E-state index in [1.54, 1.807) is 24.1 Å². The lowest BCUT2D eigenvalue weighted by Crippen LogP contribution is -2.34. The number of amides is 1. The van der Waals surface area contributed by atoms with E-state index in [0.717, 1.165) is 37.0 Å². The van der Waals surface area contributed by atoms with Gasteiger partial charge in [-0.1, -0.05) is 24.1 Å². The van der Waals surface area contributed by atoms with Crippen LogP contribution in [0.25, 0.3) is 11.3 Å². The molecule has 1 atom stereocenters. The second kappa shape index (κ2) is 8.47. The first-order chi connectivity index (χ1) is 14.2. The molecule has 0 bridgehead atoms. The van der Waals surface area contributed by atoms with Gasteiger partial charge < -0.3 is 14.2 Å². The molecule has 1 aliphatic rings. The Morgan fingerprint density at radius 2 is 1.97 bits per heavy atom. The number of carbonyl (C=O) groups is 1. The predicted molar refractivity (Wildman–Crippen MR) is 107 cm³/mol. The maximum atomic E-state index is 13.6. The molecule has 4 rings (SSSR count). The fraction of sp³-hybridized carbons (Fsp3) is 0.304. The molecule has 150 valence electrons. The number of ether oxygens (including phenoxy) is 1. The summed E-state index contributed by atoms with van der Waals surface area (Å²) in [5.41, 5.74) is 1.98. The maximum Gasteiger partial charge on any atom is 0.254 e. The summed E-state index contributed by atoms with van der Waals surface area (Å²) in [6.45, 7) is 0.610. The van der Waals surface area contributed by atoms with Crippen molar-refractivity contribution in [1.29, 1.82) is 0 Å². The quantitative estimate of drug-likeness (QED) is 0.607. The lowest BCUT2D eigenvalue weighted by atomic mass is 10.0. The molecule has 0 spiro atoms. The molecule has 0 radical (unpaired) electrons. The summed E-state index contributed by atoms with van der Waals surface area (Å²) in [5.74, 6) is 0.832. The highest BCUT2D eigenvalue weighted by Gasteiger charge is 2.30. The Morgan fingerprint density at radius 3 is 2.72 bits per heavy atom. The van der Waals surface area contributed by atoms with Crippen LogP contribution in [-0.4, -0.2) is 29.6 Å². The van der Waals surface area contributed by atoms with Gasteiger partial charge in [0.25, 0.3) is 5.91 Å². The minimum Gasteiger partial charge on any atom is -0.497 e. The van der Waals surface area contributed by atoms with E-state index in [1.807, 2.05) is 30.3 Å². The van der Waals surface area contributed by atoms with Gasteiger partial charge in [0.05, 0.1) is 13.2 Å². The number of hydrogen-bond acceptors (Lipinski definition) is 4. The van der Waals surface area contributed by atoms with Gasteiger partial charge in [-0.3, -0.25) is 4.79 Å². The van der Waals surface area contributed by atoms with Crippen molar-refractivity contribution in [2.24, 2.45) is 0 Å². The van der Waals surface area contributed by atoms with Gasteiger partial charge in [-0.05, 0) is 55.3 Å². The number of aromatic nitrogens is 1. The van der Waals surface area contributed by atoms with Crippen LogP contribution in [0, 0.1) is 5.82 Å². The Balaban J connectivity index is 1.62. The molecule has 1 aliphatic heterocycles. The molecule has 1 saturated heterocycles. The monoisotopic (exact) mass is 394 g/mol. The molecule has 1 aromatic heterocycles. The van der Waals surface area contributed by atoms with Gasteiger partial charge in [0.15, 0.2) is 5.76 Å². The summed E-state index contributed by atoms with van der Waals surface area (Å²) in [6.07, 6.45) is 3.74. The first-order valence-electron chi connectivity index (χ1n) is 9.83. The van der Waals surface area contributed by atoms with Crippen molar-refractivity contribution < 1.29 is 18.4 Å². The van der Waals surface area contributed by atoms with Crippen LogP contribution in [0.3, 0.4) is 0 Å². The fourth-order valence-corrected chi connectivity index (χ4v) is 3.78. The van der Waals surface area contributed by atoms with Crippen LogP contribution in [-0.2, 0) is 0 Å². The minimum absolute atomic E-state index is 0.182. The summed E-state index contributed by atoms with van der Waals surface area (Å²) in [4.78, 5) is 14.9. The van der Waals surface area contributed by atoms with Gasteiger partial charge in [0.1, 0.15) is 17.3 Å². The second-order valence-corrected chi connectivity index (χ2v) is 7.22. The third-order valence-corrected chi connectivity index (χ3v) is 5.33. The Kier molecular flexibility index (Phi) is 5.60. The average molecular weight is 394 g/mol. The van der Waals surface area contributed by atoms with E-state index in [-0.39, 0.29) is 11.9 Å². The van der Waals surface area contributed by atoms with Crippen LogP contribution < -0.4 is 4.74 Å². The van der Waals surface area contributed by atoms with Crippen molar-refractivity contribution in [3.05, 3.63) is 71.7 Å². The van der Waals surface area contributed by atoms with Crippen LogP contribution in [0.15, 0.2) is 59.1 Å². The van der Waals surface area contributed by atoms with E-state index in [4.69, 9.17) is 9.26 Å². The lowest BCUT2D eigenvalue weighted by molar-refractivity contribution is 0.0650. The Hall–Kier alpha value is -3.15. The molecule has 1 amide bonds. The zero-order valence-corrected chi connectivity index (χ0v) is 16.3. The summed E-state index contributed by atoms with van der Waals surface area (Å²) in [5, 5.41) is 4.21. The first kappa shape index (κ1) is 19.2. The highest BCUT2D eigenvalue weighted by Crippen LogP contribution is 2.34. The first-order valence-corrected chi connectivity index (χ1v) is 9.83. The van der Waals surface area contributed by atoms with Crippen LogP contribution in [0.4, 0.5) is 4.39 Å². The molecule has 1 fully saturated rings. The van der Waals surface area contributed by atoms with E-state index < -0.39 is 5.82 Å². The molecule has 0 aliphatic carbocycles. The number of nitrogens with zero attached hydrogens (tertiary/aromatic N) is 2. The third kappa shape index (κ3) is 4.16. The summed E-state index contributed by atoms with van der Waals surface area (Å²) < 4.78 is 24.5. The smallest absolute Gasteiger partial charge is 0.254 e. The number of rotatable bonds is 4. The summed E-state index contributed by atoms with van der Waals surface area (Å²) >= 11 is 0. The van der Waals surface area contributed by atoms with Crippen molar-refractivity contribution in [2.75, 3.05) is 13.7 Å². The predicted octanol–water partition coefficient (Wildman–Crippen LogP) is 5.25. The summed E-state index contributed by atoms with van der Waals surface area (Å²) in [6, 6.07) is 15.1. The normalized spacial score (nSPS) is 17.0. The Labute approximate surface area is 169 Å². The van der Waals surface area contributed by atoms with Crippen LogP contribution in [0.2, 0.25) is 0 Å². The van der Waals surface area contributed by atoms with Crippen LogP contribution in [0.5, 0.6) is 5.75 Å². The highest BCUT2D eigenvalue weighted by molar-refractivity contribution is 5.94. The average Bonchev–Trinajstić information content (AvgIpc) is 3.11. The Bertz CT molecular complexity index is 984. The number of hydrogen-bond donors (Lipinski definition) is 0. The molecule has 6 heteroatoms. The zero-order valence-electron chi connectivity index (χ0n) is 16.3. The molecule has 0 unspecified atom stereocenters. The van der Waals surface area contributed by atoms with Gasteiger partial charge in [-0.25, -0.2) is 4.39 Å². The molecule has 2 aromatic carbocycles. The van der Waals surface area contributed by atoms with Crippen molar-refractivity contribution in [3.63, 3.8) is 0 Å². The van der Waals surface area contributed by atoms with E-state index >= 15 is 0 Å². The fourth-order valence-electron chi connectivity index (χ4n) is 3.78. The van der Waals surface area contributed by atoms with E-state index in [1.165, 1.54) is 12.1 Å². The lowest BCUT2D eigenvalue weighted by Gasteiger charge is -2.28. The molecular formula is C23H23FN2O3. The highest BCUT2D eigenvalue weighted by atomic mass is 19.1. The largest absolute Gasteiger partial charge is 0.497 e. The molecule has 0 saturated carbocycles. The van der Waals surface area contributed by atoms with Crippen molar-refractivity contribution in [1.82, 2.24) is 10.1 Å². The molecular weight excluding hydrogens is 371 g/mol. The third-order valence-electron chi connectivity index (χ3n) is 5.33. The minimum atomic E-state index is -0.413. The van der Waals surface area contributed by atoms with Gasteiger partial charge in [-0.2, -0.15) is 0 Å². The molecule has 2 heterocycles. The molecule has 5 nitrogen and oxygen atoms in total. The van der Waals surface area contributed by atoms with Crippen molar-refractivity contribution in [2.45, 2.75) is 31.7 Å². The number of halogens is 1. The summed E-state index contributed by atoms with van der Waals surface area (Å²) in [7, 11) is 1.62. The number of likely N-dealkylation sites (tertiary alicyclic amines) is 1. The van der Waals surface area contributed by atoms with Gasteiger partial charge in [-0.15, -0.1) is 0 Å². The topological polar surface area (TPSA) is 55.6 Å². The van der Waals surface area contributed by atoms with E-state index in [2.05, 4.69) is 5.16 Å². The standard InChI is InChI=1S/C23H23FN2O3/c1-28-19-11-9-16(10-12-19)20-15-22(29-25-20)21-8-3-2-4-13-26(21)23(27)17-6-5-7-18(24)14-17/h5-7,9-12,14-15,21H,2-4,8,13H2,1H3/t21-/m0/s1. The number of methoxy groups -OCH3 is 1. The van der Waals surface area contributed by atoms with Gasteiger partial charge >= 0.3 is 0 Å². The number of benzene rings is 2. The van der Waals surface area contributed by atoms with Gasteiger partial charge in [0.2, 0.25) is 0 Å². The zero-order chi connectivity index (χ0) is 20.2. The molecule has 29 heavy (non-hydrogen) atoms. The van der Waals surface area contributed by atoms with E-state index in [0.29, 0.717) is 23.6 Å². The number of carbonyl (C=O) groups excluding carboxylic acids is 1. The van der Waals surface area contributed by atoms with Crippen LogP contribution in [0.1, 0.15) is 47.8 Å². The van der Waals surface area contributed by atoms with E-state index in [9.17, 15) is 9.18 Å². The van der Waals surface area contributed by atoms with Gasteiger partial charge in [0, 0.05) is 23.7 Å². The van der Waals surface area contributed by atoms with Crippen LogP contribution >= 0.6 is 0 Å². The maximum absolute atomic E-state index is 13.6. The second-order valence-electron chi connectivity index (χ2n) is 7.22. The Morgan fingerprint density at radius 1 is 1.14 bits per heavy atom. The van der Waals surface area contributed by atoms with Crippen molar-refractivity contribution in [3.8, 4) is 17.0 Å². The SMILES string of the molecule is COc1ccc(-c2cc([C@@H]3CCCCCN3C(=O)c3cccc(F)c3)on2)cc1.